The SMILES string of the molecule is NC(=O)[C@H]1CCCN(C(=O)Cc2ccccc2CS(N)(=O)=O)C1. The smallest absolute Gasteiger partial charge is 0.227 e. The van der Waals surface area contributed by atoms with E-state index < -0.39 is 15.9 Å². The van der Waals surface area contributed by atoms with E-state index in [0.717, 1.165) is 6.42 Å². The average molecular weight is 339 g/mol. The average Bonchev–Trinajstić information content (AvgIpc) is 2.48. The lowest BCUT2D eigenvalue weighted by molar-refractivity contribution is -0.134. The van der Waals surface area contributed by atoms with Crippen molar-refractivity contribution >= 4 is 21.8 Å². The van der Waals surface area contributed by atoms with Crippen molar-refractivity contribution in [3.63, 3.8) is 0 Å². The number of carbonyl (C=O) groups excluding carboxylic acids is 2. The van der Waals surface area contributed by atoms with Crippen molar-refractivity contribution in [3.05, 3.63) is 35.4 Å². The van der Waals surface area contributed by atoms with E-state index in [2.05, 4.69) is 0 Å². The first-order chi connectivity index (χ1) is 10.8. The maximum atomic E-state index is 12.4. The van der Waals surface area contributed by atoms with Crippen molar-refractivity contribution in [2.24, 2.45) is 16.8 Å². The van der Waals surface area contributed by atoms with Gasteiger partial charge in [0.05, 0.1) is 18.1 Å². The molecule has 2 amide bonds. The quantitative estimate of drug-likeness (QED) is 0.767. The number of hydrogen-bond acceptors (Lipinski definition) is 4. The van der Waals surface area contributed by atoms with Crippen molar-refractivity contribution in [3.8, 4) is 0 Å². The van der Waals surface area contributed by atoms with Gasteiger partial charge in [0.2, 0.25) is 21.8 Å². The molecule has 0 aliphatic carbocycles. The Balaban J connectivity index is 2.10. The lowest BCUT2D eigenvalue weighted by atomic mass is 9.96. The number of carbonyl (C=O) groups is 2. The van der Waals surface area contributed by atoms with E-state index in [0.29, 0.717) is 30.6 Å². The molecule has 1 saturated heterocycles. The van der Waals surface area contributed by atoms with Crippen LogP contribution >= 0.6 is 0 Å². The van der Waals surface area contributed by atoms with E-state index in [4.69, 9.17) is 10.9 Å². The number of nitrogens with two attached hydrogens (primary N) is 2. The largest absolute Gasteiger partial charge is 0.369 e. The molecular formula is C15H21N3O4S. The second-order valence-corrected chi connectivity index (χ2v) is 7.45. The number of piperidine rings is 1. The molecule has 4 N–H and O–H groups in total. The maximum absolute atomic E-state index is 12.4. The Labute approximate surface area is 135 Å². The zero-order chi connectivity index (χ0) is 17.0. The molecule has 0 spiro atoms. The van der Waals surface area contributed by atoms with Crippen LogP contribution in [0.3, 0.4) is 0 Å². The molecule has 7 nitrogen and oxygen atoms in total. The summed E-state index contributed by atoms with van der Waals surface area (Å²) < 4.78 is 22.6. The molecule has 1 fully saturated rings. The standard InChI is InChI=1S/C15H21N3O4S/c16-15(20)12-6-3-7-18(9-12)14(19)8-11-4-1-2-5-13(11)10-23(17,21)22/h1-2,4-5,12H,3,6-10H2,(H2,16,20)(H2,17,21,22)/t12-/m0/s1. The van der Waals surface area contributed by atoms with E-state index in [1.54, 1.807) is 29.2 Å². The van der Waals surface area contributed by atoms with E-state index in [1.165, 1.54) is 0 Å². The molecule has 0 saturated carbocycles. The molecule has 23 heavy (non-hydrogen) atoms. The summed E-state index contributed by atoms with van der Waals surface area (Å²) in [4.78, 5) is 25.4. The number of primary amides is 1. The molecule has 1 heterocycles. The highest BCUT2D eigenvalue weighted by Gasteiger charge is 2.27. The highest BCUT2D eigenvalue weighted by molar-refractivity contribution is 7.88. The number of amides is 2. The second-order valence-electron chi connectivity index (χ2n) is 5.83. The van der Waals surface area contributed by atoms with E-state index in [1.807, 2.05) is 0 Å². The first-order valence-electron chi connectivity index (χ1n) is 7.40. The summed E-state index contributed by atoms with van der Waals surface area (Å²) in [7, 11) is -3.67. The predicted octanol–water partition coefficient (Wildman–Crippen LogP) is -0.258. The Bertz CT molecular complexity index is 702. The molecule has 8 heteroatoms. The fourth-order valence-corrected chi connectivity index (χ4v) is 3.51. The van der Waals surface area contributed by atoms with Gasteiger partial charge in [0, 0.05) is 13.1 Å². The molecule has 1 aromatic carbocycles. The van der Waals surface area contributed by atoms with Crippen LogP contribution in [0.1, 0.15) is 24.0 Å². The third-order valence-electron chi connectivity index (χ3n) is 3.99. The summed E-state index contributed by atoms with van der Waals surface area (Å²) in [5.74, 6) is -1.15. The number of rotatable bonds is 5. The van der Waals surface area contributed by atoms with Crippen LogP contribution in [0.4, 0.5) is 0 Å². The lowest BCUT2D eigenvalue weighted by Gasteiger charge is -2.31. The van der Waals surface area contributed by atoms with Crippen LogP contribution < -0.4 is 10.9 Å². The van der Waals surface area contributed by atoms with Gasteiger partial charge in [-0.2, -0.15) is 0 Å². The molecule has 1 aliphatic heterocycles. The van der Waals surface area contributed by atoms with Gasteiger partial charge in [-0.25, -0.2) is 13.6 Å². The third kappa shape index (κ3) is 5.04. The van der Waals surface area contributed by atoms with Crippen LogP contribution in [0.25, 0.3) is 0 Å². The van der Waals surface area contributed by atoms with Crippen LogP contribution in [-0.2, 0) is 31.8 Å². The summed E-state index contributed by atoms with van der Waals surface area (Å²) in [5, 5.41) is 5.09. The number of likely N-dealkylation sites (tertiary alicyclic amines) is 1. The van der Waals surface area contributed by atoms with Crippen LogP contribution in [0.15, 0.2) is 24.3 Å². The van der Waals surface area contributed by atoms with Crippen LogP contribution in [0, 0.1) is 5.92 Å². The van der Waals surface area contributed by atoms with Gasteiger partial charge in [-0.3, -0.25) is 9.59 Å². The van der Waals surface area contributed by atoms with Gasteiger partial charge in [0.15, 0.2) is 0 Å². The molecule has 1 aromatic rings. The van der Waals surface area contributed by atoms with Gasteiger partial charge >= 0.3 is 0 Å². The Morgan fingerprint density at radius 2 is 1.87 bits per heavy atom. The van der Waals surface area contributed by atoms with Gasteiger partial charge in [-0.1, -0.05) is 24.3 Å². The highest BCUT2D eigenvalue weighted by Crippen LogP contribution is 2.19. The van der Waals surface area contributed by atoms with Crippen molar-refractivity contribution in [1.29, 1.82) is 0 Å². The van der Waals surface area contributed by atoms with Gasteiger partial charge in [0.25, 0.3) is 0 Å². The second kappa shape index (κ2) is 7.10. The Hall–Kier alpha value is -1.93. The minimum absolute atomic E-state index is 0.0805. The molecule has 0 radical (unpaired) electrons. The van der Waals surface area contributed by atoms with Gasteiger partial charge in [-0.05, 0) is 24.0 Å². The zero-order valence-corrected chi connectivity index (χ0v) is 13.6. The number of primary sulfonamides is 1. The molecule has 126 valence electrons. The minimum Gasteiger partial charge on any atom is -0.369 e. The molecule has 1 aliphatic rings. The summed E-state index contributed by atoms with van der Waals surface area (Å²) in [6.07, 6.45) is 1.51. The molecule has 0 bridgehead atoms. The third-order valence-corrected chi connectivity index (χ3v) is 4.71. The zero-order valence-electron chi connectivity index (χ0n) is 12.8. The van der Waals surface area contributed by atoms with E-state index in [-0.39, 0.29) is 24.0 Å². The number of nitrogens with zero attached hydrogens (tertiary/aromatic N) is 1. The van der Waals surface area contributed by atoms with Crippen molar-refractivity contribution in [2.45, 2.75) is 25.0 Å². The topological polar surface area (TPSA) is 124 Å². The minimum atomic E-state index is -3.67. The van der Waals surface area contributed by atoms with Crippen LogP contribution in [-0.4, -0.2) is 38.2 Å². The molecule has 2 rings (SSSR count). The number of sulfonamides is 1. The van der Waals surface area contributed by atoms with Crippen molar-refractivity contribution in [1.82, 2.24) is 4.90 Å². The Morgan fingerprint density at radius 1 is 1.22 bits per heavy atom. The van der Waals surface area contributed by atoms with Crippen molar-refractivity contribution < 1.29 is 18.0 Å². The highest BCUT2D eigenvalue weighted by atomic mass is 32.2. The summed E-state index contributed by atoms with van der Waals surface area (Å²) in [5.41, 5.74) is 6.47. The van der Waals surface area contributed by atoms with E-state index in [9.17, 15) is 18.0 Å². The lowest BCUT2D eigenvalue weighted by Crippen LogP contribution is -2.44. The fraction of sp³-hybridized carbons (Fsp3) is 0.467. The first-order valence-corrected chi connectivity index (χ1v) is 9.12. The van der Waals surface area contributed by atoms with Gasteiger partial charge < -0.3 is 10.6 Å². The summed E-state index contributed by atoms with van der Waals surface area (Å²) >= 11 is 0. The monoisotopic (exact) mass is 339 g/mol. The first kappa shape index (κ1) is 17.4. The van der Waals surface area contributed by atoms with Crippen LogP contribution in [0.2, 0.25) is 0 Å². The molecule has 0 aromatic heterocycles. The Morgan fingerprint density at radius 3 is 2.48 bits per heavy atom. The predicted molar refractivity (Wildman–Crippen MR) is 85.5 cm³/mol. The normalized spacial score (nSPS) is 18.7. The number of hydrogen-bond donors (Lipinski definition) is 2. The molecular weight excluding hydrogens is 318 g/mol. The molecule has 1 atom stereocenters. The summed E-state index contributed by atoms with van der Waals surface area (Å²) in [6.45, 7) is 0.908. The maximum Gasteiger partial charge on any atom is 0.227 e. The van der Waals surface area contributed by atoms with Gasteiger partial charge in [0.1, 0.15) is 0 Å². The van der Waals surface area contributed by atoms with Crippen LogP contribution in [0.5, 0.6) is 0 Å². The van der Waals surface area contributed by atoms with Crippen molar-refractivity contribution in [2.75, 3.05) is 13.1 Å². The summed E-state index contributed by atoms with van der Waals surface area (Å²) in [6, 6.07) is 6.82. The van der Waals surface area contributed by atoms with E-state index >= 15 is 0 Å². The van der Waals surface area contributed by atoms with Gasteiger partial charge in [-0.15, -0.1) is 0 Å². The molecule has 0 unspecified atom stereocenters. The fourth-order valence-electron chi connectivity index (χ4n) is 2.80. The number of benzene rings is 1. The Kier molecular flexibility index (Phi) is 5.38.